The number of hydrogen-bond donors (Lipinski definition) is 2. The molecular weight excluding hydrogens is 579 g/mol. The van der Waals surface area contributed by atoms with Crippen LogP contribution in [0.15, 0.2) is 67.0 Å². The van der Waals surface area contributed by atoms with E-state index in [1.807, 2.05) is 26.2 Å². The first-order valence-corrected chi connectivity index (χ1v) is 15.0. The van der Waals surface area contributed by atoms with E-state index in [9.17, 15) is 18.4 Å². The Hall–Kier alpha value is -4.73. The second-order valence-corrected chi connectivity index (χ2v) is 11.3. The average molecular weight is 614 g/mol. The molecule has 0 spiro atoms. The van der Waals surface area contributed by atoms with Gasteiger partial charge in [0.05, 0.1) is 34.8 Å². The summed E-state index contributed by atoms with van der Waals surface area (Å²) >= 11 is 0. The molecule has 1 saturated heterocycles. The highest BCUT2D eigenvalue weighted by Crippen LogP contribution is 2.38. The SMILES string of the molecule is CNC1CCN(CCCNc2nc3c(-c4cccc(C(F)(F)F)c4)c(C)c(-c4ccnn4-c4ccc(C#N)cc4)cn3n2)CC1. The fourth-order valence-corrected chi connectivity index (χ4v) is 5.97. The largest absolute Gasteiger partial charge is 0.416 e. The Morgan fingerprint density at radius 1 is 1.07 bits per heavy atom. The van der Waals surface area contributed by atoms with Crippen LogP contribution in [0.2, 0.25) is 0 Å². The fraction of sp³-hybridized carbons (Fsp3) is 0.333. The number of benzene rings is 2. The number of halogens is 3. The molecule has 0 saturated carbocycles. The van der Waals surface area contributed by atoms with Gasteiger partial charge in [-0.3, -0.25) is 0 Å². The normalized spacial score (nSPS) is 14.6. The molecule has 0 aliphatic carbocycles. The molecule has 1 aliphatic heterocycles. The van der Waals surface area contributed by atoms with Gasteiger partial charge in [0.2, 0.25) is 5.95 Å². The predicted octanol–water partition coefficient (Wildman–Crippen LogP) is 5.93. The molecule has 0 radical (unpaired) electrons. The van der Waals surface area contributed by atoms with Crippen LogP contribution in [0.25, 0.3) is 33.7 Å². The van der Waals surface area contributed by atoms with E-state index in [-0.39, 0.29) is 0 Å². The zero-order chi connectivity index (χ0) is 31.6. The van der Waals surface area contributed by atoms with Crippen LogP contribution in [0.3, 0.4) is 0 Å². The molecule has 0 amide bonds. The van der Waals surface area contributed by atoms with E-state index in [0.717, 1.165) is 73.5 Å². The van der Waals surface area contributed by atoms with Crippen LogP contribution in [-0.2, 0) is 6.18 Å². The summed E-state index contributed by atoms with van der Waals surface area (Å²) in [6, 6.07) is 16.9. The number of fused-ring (bicyclic) bond motifs is 1. The van der Waals surface area contributed by atoms with Crippen molar-refractivity contribution in [3.63, 3.8) is 0 Å². The third-order valence-corrected chi connectivity index (χ3v) is 8.45. The number of nitrogens with zero attached hydrogens (tertiary/aromatic N) is 7. The number of piperidine rings is 1. The lowest BCUT2D eigenvalue weighted by atomic mass is 9.95. The zero-order valence-electron chi connectivity index (χ0n) is 25.1. The van der Waals surface area contributed by atoms with Gasteiger partial charge in [0.15, 0.2) is 5.65 Å². The van der Waals surface area contributed by atoms with E-state index in [2.05, 4.69) is 26.7 Å². The molecule has 45 heavy (non-hydrogen) atoms. The van der Waals surface area contributed by atoms with Crippen molar-refractivity contribution in [1.82, 2.24) is 34.6 Å². The lowest BCUT2D eigenvalue weighted by Crippen LogP contribution is -2.41. The number of nitriles is 1. The summed E-state index contributed by atoms with van der Waals surface area (Å²) in [6.45, 7) is 5.65. The third-order valence-electron chi connectivity index (χ3n) is 8.45. The molecule has 232 valence electrons. The first-order valence-electron chi connectivity index (χ1n) is 15.0. The van der Waals surface area contributed by atoms with E-state index in [0.29, 0.717) is 40.9 Å². The molecular formula is C33H34F3N9. The maximum atomic E-state index is 13.8. The summed E-state index contributed by atoms with van der Waals surface area (Å²) in [5.41, 5.74) is 4.13. The van der Waals surface area contributed by atoms with Crippen molar-refractivity contribution >= 4 is 11.6 Å². The third kappa shape index (κ3) is 6.41. The van der Waals surface area contributed by atoms with Crippen molar-refractivity contribution in [2.75, 3.05) is 38.5 Å². The van der Waals surface area contributed by atoms with Crippen LogP contribution in [0, 0.1) is 18.3 Å². The van der Waals surface area contributed by atoms with Crippen LogP contribution in [-0.4, -0.2) is 68.5 Å². The number of alkyl halides is 3. The van der Waals surface area contributed by atoms with E-state index in [1.54, 1.807) is 45.7 Å². The molecule has 6 rings (SSSR count). The smallest absolute Gasteiger partial charge is 0.353 e. The fourth-order valence-electron chi connectivity index (χ4n) is 5.97. The van der Waals surface area contributed by atoms with Gasteiger partial charge < -0.3 is 15.5 Å². The van der Waals surface area contributed by atoms with Gasteiger partial charge in [-0.1, -0.05) is 12.1 Å². The number of hydrogen-bond acceptors (Lipinski definition) is 7. The van der Waals surface area contributed by atoms with Crippen molar-refractivity contribution in [3.8, 4) is 34.1 Å². The van der Waals surface area contributed by atoms with Crippen molar-refractivity contribution in [3.05, 3.63) is 83.7 Å². The van der Waals surface area contributed by atoms with E-state index in [4.69, 9.17) is 10.1 Å². The van der Waals surface area contributed by atoms with Gasteiger partial charge in [0, 0.05) is 29.9 Å². The lowest BCUT2D eigenvalue weighted by molar-refractivity contribution is -0.137. The second kappa shape index (κ2) is 12.7. The minimum Gasteiger partial charge on any atom is -0.353 e. The van der Waals surface area contributed by atoms with Gasteiger partial charge in [0.25, 0.3) is 0 Å². The van der Waals surface area contributed by atoms with Crippen molar-refractivity contribution in [1.29, 1.82) is 5.26 Å². The number of nitrogens with one attached hydrogen (secondary N) is 2. The van der Waals surface area contributed by atoms with Gasteiger partial charge >= 0.3 is 6.18 Å². The summed E-state index contributed by atoms with van der Waals surface area (Å²) < 4.78 is 44.6. The van der Waals surface area contributed by atoms with Gasteiger partial charge in [-0.2, -0.15) is 28.5 Å². The van der Waals surface area contributed by atoms with E-state index >= 15 is 0 Å². The molecule has 1 aliphatic rings. The minimum atomic E-state index is -4.49. The summed E-state index contributed by atoms with van der Waals surface area (Å²) in [5.74, 6) is 0.411. The quantitative estimate of drug-likeness (QED) is 0.199. The first-order chi connectivity index (χ1) is 21.7. The maximum Gasteiger partial charge on any atom is 0.416 e. The Morgan fingerprint density at radius 3 is 2.56 bits per heavy atom. The van der Waals surface area contributed by atoms with Crippen LogP contribution >= 0.6 is 0 Å². The van der Waals surface area contributed by atoms with Crippen LogP contribution in [0.1, 0.15) is 36.0 Å². The van der Waals surface area contributed by atoms with E-state index in [1.165, 1.54) is 6.07 Å². The van der Waals surface area contributed by atoms with Gasteiger partial charge in [-0.05, 0) is 106 Å². The Morgan fingerprint density at radius 2 is 1.84 bits per heavy atom. The van der Waals surface area contributed by atoms with Crippen LogP contribution in [0.5, 0.6) is 0 Å². The van der Waals surface area contributed by atoms with Crippen molar-refractivity contribution in [2.45, 2.75) is 38.4 Å². The number of rotatable bonds is 9. The summed E-state index contributed by atoms with van der Waals surface area (Å²) in [4.78, 5) is 7.22. The number of pyridine rings is 1. The molecule has 2 N–H and O–H groups in total. The van der Waals surface area contributed by atoms with Crippen LogP contribution < -0.4 is 10.6 Å². The highest BCUT2D eigenvalue weighted by Gasteiger charge is 2.31. The molecule has 12 heteroatoms. The van der Waals surface area contributed by atoms with Gasteiger partial charge in [-0.15, -0.1) is 5.10 Å². The monoisotopic (exact) mass is 613 g/mol. The van der Waals surface area contributed by atoms with Crippen molar-refractivity contribution < 1.29 is 13.2 Å². The molecule has 9 nitrogen and oxygen atoms in total. The average Bonchev–Trinajstić information content (AvgIpc) is 3.70. The molecule has 1 fully saturated rings. The standard InChI is InChI=1S/C33H34F3N9/c1-22-28(29-11-15-40-45(29)27-9-7-23(20-37)8-10-27)21-44-31(30(22)24-5-3-6-25(19-24)33(34,35)36)41-32(42-44)39-14-4-16-43-17-12-26(38-2)13-18-43/h3,5-11,15,19,21,26,38H,4,12-14,16-18H2,1-2H3,(H,39,42). The van der Waals surface area contributed by atoms with Crippen LogP contribution in [0.4, 0.5) is 19.1 Å². The van der Waals surface area contributed by atoms with E-state index < -0.39 is 11.7 Å². The maximum absolute atomic E-state index is 13.8. The highest BCUT2D eigenvalue weighted by atomic mass is 19.4. The Bertz CT molecular complexity index is 1830. The molecule has 0 atom stereocenters. The topological polar surface area (TPSA) is 99.1 Å². The first kappa shape index (κ1) is 30.3. The second-order valence-electron chi connectivity index (χ2n) is 11.3. The highest BCUT2D eigenvalue weighted by molar-refractivity contribution is 5.86. The molecule has 0 bridgehead atoms. The Kier molecular flexibility index (Phi) is 8.56. The molecule has 0 unspecified atom stereocenters. The predicted molar refractivity (Wildman–Crippen MR) is 167 cm³/mol. The number of anilines is 1. The molecule has 3 aromatic heterocycles. The molecule has 5 aromatic rings. The Labute approximate surface area is 259 Å². The van der Waals surface area contributed by atoms with Gasteiger partial charge in [0.1, 0.15) is 0 Å². The lowest BCUT2D eigenvalue weighted by Gasteiger charge is -2.31. The zero-order valence-corrected chi connectivity index (χ0v) is 25.1. The summed E-state index contributed by atoms with van der Waals surface area (Å²) in [6.07, 6.45) is 2.20. The summed E-state index contributed by atoms with van der Waals surface area (Å²) in [7, 11) is 2.01. The van der Waals surface area contributed by atoms with Gasteiger partial charge in [-0.25, -0.2) is 9.20 Å². The van der Waals surface area contributed by atoms with Crippen molar-refractivity contribution in [2.24, 2.45) is 0 Å². The number of aromatic nitrogens is 5. The minimum absolute atomic E-state index is 0.391. The molecule has 4 heterocycles. The summed E-state index contributed by atoms with van der Waals surface area (Å²) in [5, 5.41) is 25.1. The number of likely N-dealkylation sites (tertiary alicyclic amines) is 1. The molecule has 2 aromatic carbocycles. The Balaban J connectivity index is 1.35.